The Morgan fingerprint density at radius 3 is 1.33 bits per heavy atom. The zero-order valence-corrected chi connectivity index (χ0v) is 17.3. The zero-order chi connectivity index (χ0) is 21.1. The minimum absolute atomic E-state index is 0.262. The first kappa shape index (κ1) is 19.8. The molecule has 0 amide bonds. The van der Waals surface area contributed by atoms with Gasteiger partial charge in [-0.25, -0.2) is 0 Å². The highest BCUT2D eigenvalue weighted by atomic mass is 16.3. The zero-order valence-electron chi connectivity index (χ0n) is 17.3. The molecular formula is C28H26O2. The van der Waals surface area contributed by atoms with Crippen LogP contribution < -0.4 is 0 Å². The van der Waals surface area contributed by atoms with E-state index in [1.165, 1.54) is 0 Å². The fraction of sp³-hybridized carbons (Fsp3) is 0.143. The van der Waals surface area contributed by atoms with E-state index in [9.17, 15) is 10.2 Å². The molecule has 2 heteroatoms. The largest absolute Gasteiger partial charge is 0.507 e. The molecule has 0 aromatic heterocycles. The van der Waals surface area contributed by atoms with Gasteiger partial charge in [-0.2, -0.15) is 0 Å². The van der Waals surface area contributed by atoms with Crippen LogP contribution in [0.25, 0.3) is 22.3 Å². The van der Waals surface area contributed by atoms with E-state index >= 15 is 0 Å². The second kappa shape index (κ2) is 8.08. The maximum absolute atomic E-state index is 11.3. The lowest BCUT2D eigenvalue weighted by Crippen LogP contribution is -2.23. The Morgan fingerprint density at radius 2 is 0.967 bits per heavy atom. The Hall–Kier alpha value is -3.52. The van der Waals surface area contributed by atoms with Crippen molar-refractivity contribution < 1.29 is 10.2 Å². The van der Waals surface area contributed by atoms with Crippen LogP contribution in [0.5, 0.6) is 11.5 Å². The predicted molar refractivity (Wildman–Crippen MR) is 124 cm³/mol. The van der Waals surface area contributed by atoms with Crippen LogP contribution in [0.1, 0.15) is 31.4 Å². The number of aromatic hydroxyl groups is 2. The van der Waals surface area contributed by atoms with Crippen LogP contribution in [0, 0.1) is 0 Å². The number of benzene rings is 4. The highest BCUT2D eigenvalue weighted by Gasteiger charge is 2.33. The number of phenols is 2. The van der Waals surface area contributed by atoms with Gasteiger partial charge in [-0.3, -0.25) is 0 Å². The van der Waals surface area contributed by atoms with E-state index in [0.29, 0.717) is 0 Å². The first-order chi connectivity index (χ1) is 14.6. The first-order valence-electron chi connectivity index (χ1n) is 10.3. The van der Waals surface area contributed by atoms with E-state index in [1.54, 1.807) is 0 Å². The fourth-order valence-electron chi connectivity index (χ4n) is 4.20. The van der Waals surface area contributed by atoms with Gasteiger partial charge in [0, 0.05) is 27.7 Å². The molecule has 0 spiro atoms. The molecule has 150 valence electrons. The molecule has 0 radical (unpaired) electrons. The second-order valence-corrected chi connectivity index (χ2v) is 7.82. The van der Waals surface area contributed by atoms with E-state index in [1.807, 2.05) is 97.1 Å². The molecule has 0 atom stereocenters. The molecule has 0 aliphatic rings. The summed E-state index contributed by atoms with van der Waals surface area (Å²) >= 11 is 0. The van der Waals surface area contributed by atoms with Crippen molar-refractivity contribution in [2.24, 2.45) is 0 Å². The van der Waals surface area contributed by atoms with Crippen molar-refractivity contribution >= 4 is 0 Å². The van der Waals surface area contributed by atoms with E-state index in [2.05, 4.69) is 13.8 Å². The molecule has 0 aliphatic carbocycles. The number of rotatable bonds is 5. The summed E-state index contributed by atoms with van der Waals surface area (Å²) < 4.78 is 0. The molecule has 0 fully saturated rings. The van der Waals surface area contributed by atoms with Crippen LogP contribution in [0.3, 0.4) is 0 Å². The third kappa shape index (κ3) is 3.35. The van der Waals surface area contributed by atoms with Crippen LogP contribution in [-0.4, -0.2) is 10.2 Å². The summed E-state index contributed by atoms with van der Waals surface area (Å²) in [6.07, 6.45) is 0.727. The minimum Gasteiger partial charge on any atom is -0.507 e. The van der Waals surface area contributed by atoms with Gasteiger partial charge in [0.2, 0.25) is 0 Å². The third-order valence-corrected chi connectivity index (χ3v) is 6.14. The molecule has 0 unspecified atom stereocenters. The number of hydrogen-bond acceptors (Lipinski definition) is 2. The molecule has 0 aliphatic heterocycles. The predicted octanol–water partition coefficient (Wildman–Crippen LogP) is 7.15. The molecule has 0 bridgehead atoms. The topological polar surface area (TPSA) is 40.5 Å². The molecule has 4 aromatic carbocycles. The standard InChI is InChI=1S/C28H26O2/c1-3-28(2,24-18-10-16-22(26(24)29)20-12-6-4-7-13-20)25-19-11-17-23(27(25)30)21-14-8-5-9-15-21/h4-19,29-30H,3H2,1-2H3. The summed E-state index contributed by atoms with van der Waals surface area (Å²) in [6.45, 7) is 4.17. The highest BCUT2D eigenvalue weighted by molar-refractivity contribution is 5.76. The number of para-hydroxylation sites is 2. The third-order valence-electron chi connectivity index (χ3n) is 6.14. The quantitative estimate of drug-likeness (QED) is 0.377. The molecule has 0 saturated heterocycles. The van der Waals surface area contributed by atoms with Crippen LogP contribution >= 0.6 is 0 Å². The van der Waals surface area contributed by atoms with Gasteiger partial charge in [0.1, 0.15) is 11.5 Å². The van der Waals surface area contributed by atoms with Gasteiger partial charge in [0.05, 0.1) is 0 Å². The van der Waals surface area contributed by atoms with Gasteiger partial charge in [-0.05, 0) is 17.5 Å². The summed E-state index contributed by atoms with van der Waals surface area (Å²) in [6, 6.07) is 31.5. The van der Waals surface area contributed by atoms with E-state index < -0.39 is 5.41 Å². The Balaban J connectivity index is 1.89. The fourth-order valence-corrected chi connectivity index (χ4v) is 4.20. The SMILES string of the molecule is CCC(C)(c1cccc(-c2ccccc2)c1O)c1cccc(-c2ccccc2)c1O. The van der Waals surface area contributed by atoms with Gasteiger partial charge in [-0.15, -0.1) is 0 Å². The summed E-state index contributed by atoms with van der Waals surface area (Å²) in [5, 5.41) is 22.5. The lowest BCUT2D eigenvalue weighted by Gasteiger charge is -2.32. The lowest BCUT2D eigenvalue weighted by molar-refractivity contribution is 0.422. The van der Waals surface area contributed by atoms with Crippen molar-refractivity contribution in [2.45, 2.75) is 25.7 Å². The maximum Gasteiger partial charge on any atom is 0.127 e. The Labute approximate surface area is 178 Å². The van der Waals surface area contributed by atoms with Crippen molar-refractivity contribution in [3.8, 4) is 33.8 Å². The molecule has 2 nitrogen and oxygen atoms in total. The van der Waals surface area contributed by atoms with Gasteiger partial charge >= 0.3 is 0 Å². The van der Waals surface area contributed by atoms with Crippen LogP contribution in [-0.2, 0) is 5.41 Å². The summed E-state index contributed by atoms with van der Waals surface area (Å²) in [5.74, 6) is 0.523. The van der Waals surface area contributed by atoms with E-state index in [4.69, 9.17) is 0 Å². The first-order valence-corrected chi connectivity index (χ1v) is 10.3. The van der Waals surface area contributed by atoms with Gasteiger partial charge in [0.25, 0.3) is 0 Å². The average Bonchev–Trinajstić information content (AvgIpc) is 2.80. The van der Waals surface area contributed by atoms with Crippen molar-refractivity contribution in [1.82, 2.24) is 0 Å². The monoisotopic (exact) mass is 394 g/mol. The summed E-state index contributed by atoms with van der Waals surface area (Å²) in [7, 11) is 0. The van der Waals surface area contributed by atoms with Crippen molar-refractivity contribution in [3.05, 3.63) is 108 Å². The highest BCUT2D eigenvalue weighted by Crippen LogP contribution is 2.48. The molecule has 0 heterocycles. The second-order valence-electron chi connectivity index (χ2n) is 7.82. The number of hydrogen-bond donors (Lipinski definition) is 2. The summed E-state index contributed by atoms with van der Waals surface area (Å²) in [4.78, 5) is 0. The van der Waals surface area contributed by atoms with Crippen molar-refractivity contribution in [1.29, 1.82) is 0 Å². The summed E-state index contributed by atoms with van der Waals surface area (Å²) in [5.41, 5.74) is 4.61. The normalized spacial score (nSPS) is 11.4. The van der Waals surface area contributed by atoms with Crippen LogP contribution in [0.4, 0.5) is 0 Å². The van der Waals surface area contributed by atoms with Crippen molar-refractivity contribution in [3.63, 3.8) is 0 Å². The smallest absolute Gasteiger partial charge is 0.127 e. The van der Waals surface area contributed by atoms with E-state index in [0.717, 1.165) is 39.8 Å². The Morgan fingerprint density at radius 1 is 0.567 bits per heavy atom. The molecule has 30 heavy (non-hydrogen) atoms. The Bertz CT molecular complexity index is 1060. The van der Waals surface area contributed by atoms with Gasteiger partial charge in [-0.1, -0.05) is 111 Å². The maximum atomic E-state index is 11.3. The molecule has 0 saturated carbocycles. The Kier molecular flexibility index (Phi) is 5.33. The molecule has 4 rings (SSSR count). The number of phenolic OH excluding ortho intramolecular Hbond substituents is 2. The van der Waals surface area contributed by atoms with E-state index in [-0.39, 0.29) is 11.5 Å². The molecule has 4 aromatic rings. The lowest BCUT2D eigenvalue weighted by atomic mass is 9.72. The molecule has 2 N–H and O–H groups in total. The van der Waals surface area contributed by atoms with Crippen LogP contribution in [0.2, 0.25) is 0 Å². The van der Waals surface area contributed by atoms with Crippen molar-refractivity contribution in [2.75, 3.05) is 0 Å². The van der Waals surface area contributed by atoms with Crippen LogP contribution in [0.15, 0.2) is 97.1 Å². The van der Waals surface area contributed by atoms with Gasteiger partial charge < -0.3 is 10.2 Å². The minimum atomic E-state index is -0.552. The average molecular weight is 395 g/mol. The molecular weight excluding hydrogens is 368 g/mol. The van der Waals surface area contributed by atoms with Gasteiger partial charge in [0.15, 0.2) is 0 Å².